The third kappa shape index (κ3) is 1.87. The molecule has 1 aromatic carbocycles. The molecule has 7 heteroatoms. The van der Waals surface area contributed by atoms with E-state index in [0.717, 1.165) is 5.56 Å². The Hall–Kier alpha value is -2.67. The van der Waals surface area contributed by atoms with Gasteiger partial charge in [0.05, 0.1) is 18.6 Å². The van der Waals surface area contributed by atoms with Crippen LogP contribution in [0.25, 0.3) is 11.1 Å². The van der Waals surface area contributed by atoms with E-state index < -0.39 is 11.5 Å². The fraction of sp³-hybridized carbons (Fsp3) is 0.333. The fourth-order valence-electron chi connectivity index (χ4n) is 3.88. The number of fused-ring (bicyclic) bond motifs is 3. The number of hydrogen-bond acceptors (Lipinski definition) is 6. The van der Waals surface area contributed by atoms with Crippen molar-refractivity contribution in [3.8, 4) is 16.9 Å². The molecule has 3 aliphatic rings. The highest BCUT2D eigenvalue weighted by molar-refractivity contribution is 5.76. The average molecular weight is 341 g/mol. The number of nitrogens with zero attached hydrogens (tertiary/aromatic N) is 2. The lowest BCUT2D eigenvalue weighted by molar-refractivity contribution is -0.184. The number of amidine groups is 1. The van der Waals surface area contributed by atoms with Crippen molar-refractivity contribution in [2.24, 2.45) is 16.1 Å². The first kappa shape index (κ1) is 14.7. The third-order valence-corrected chi connectivity index (χ3v) is 5.36. The molecule has 1 saturated heterocycles. The highest BCUT2D eigenvalue weighted by Gasteiger charge is 2.63. The molecule has 2 N–H and O–H groups in total. The van der Waals surface area contributed by atoms with E-state index in [-0.39, 0.29) is 11.4 Å². The van der Waals surface area contributed by atoms with Gasteiger partial charge in [-0.05, 0) is 29.8 Å². The van der Waals surface area contributed by atoms with Crippen LogP contribution in [-0.2, 0) is 15.0 Å². The molecule has 0 amide bonds. The van der Waals surface area contributed by atoms with Gasteiger partial charge in [-0.3, -0.25) is 0 Å². The molecular weight excluding hydrogens is 325 g/mol. The standard InChI is InChI=1S/C18H16FN3O3/c19-15-12(2-1-5-21-15)11-3-4-14-13(6-11)18(10-25-16(20)22-18)17(9-24-14)7-23-8-17/h1-6H,7-10H2,(H2,20,22)/t18-/m0/s1. The number of nitrogens with two attached hydrogens (primary N) is 1. The smallest absolute Gasteiger partial charge is 0.283 e. The first-order valence-corrected chi connectivity index (χ1v) is 8.08. The molecule has 128 valence electrons. The largest absolute Gasteiger partial charge is 0.492 e. The number of aliphatic imine (C=N–C) groups is 1. The lowest BCUT2D eigenvalue weighted by atomic mass is 9.64. The molecule has 1 atom stereocenters. The Balaban J connectivity index is 1.71. The highest BCUT2D eigenvalue weighted by Crippen LogP contribution is 2.56. The quantitative estimate of drug-likeness (QED) is 0.801. The van der Waals surface area contributed by atoms with Crippen molar-refractivity contribution in [1.82, 2.24) is 4.98 Å². The van der Waals surface area contributed by atoms with Gasteiger partial charge < -0.3 is 19.9 Å². The molecule has 4 heterocycles. The van der Waals surface area contributed by atoms with Crippen LogP contribution in [0.3, 0.4) is 0 Å². The van der Waals surface area contributed by atoms with E-state index in [0.29, 0.717) is 43.3 Å². The van der Waals surface area contributed by atoms with E-state index in [2.05, 4.69) is 9.98 Å². The maximum absolute atomic E-state index is 14.1. The molecule has 3 aliphatic heterocycles. The molecular formula is C18H16FN3O3. The van der Waals surface area contributed by atoms with Gasteiger partial charge in [-0.25, -0.2) is 9.98 Å². The summed E-state index contributed by atoms with van der Waals surface area (Å²) in [6.07, 6.45) is 1.43. The molecule has 6 nitrogen and oxygen atoms in total. The van der Waals surface area contributed by atoms with Gasteiger partial charge in [-0.15, -0.1) is 0 Å². The fourth-order valence-corrected chi connectivity index (χ4v) is 3.88. The minimum absolute atomic E-state index is 0.164. The van der Waals surface area contributed by atoms with Gasteiger partial charge in [0.15, 0.2) is 0 Å². The van der Waals surface area contributed by atoms with Gasteiger partial charge in [-0.1, -0.05) is 6.07 Å². The van der Waals surface area contributed by atoms with Crippen LogP contribution < -0.4 is 10.5 Å². The van der Waals surface area contributed by atoms with Crippen molar-refractivity contribution in [1.29, 1.82) is 0 Å². The summed E-state index contributed by atoms with van der Waals surface area (Å²) in [4.78, 5) is 8.39. The van der Waals surface area contributed by atoms with Crippen LogP contribution in [0.4, 0.5) is 4.39 Å². The number of hydrogen-bond donors (Lipinski definition) is 1. The number of pyridine rings is 1. The molecule has 0 aliphatic carbocycles. The maximum Gasteiger partial charge on any atom is 0.283 e. The molecule has 2 aromatic rings. The minimum atomic E-state index is -0.669. The molecule has 1 fully saturated rings. The number of rotatable bonds is 1. The van der Waals surface area contributed by atoms with Crippen molar-refractivity contribution >= 4 is 6.02 Å². The molecule has 2 spiro atoms. The van der Waals surface area contributed by atoms with Gasteiger partial charge in [0, 0.05) is 17.3 Å². The monoisotopic (exact) mass is 341 g/mol. The third-order valence-electron chi connectivity index (χ3n) is 5.36. The lowest BCUT2D eigenvalue weighted by Crippen LogP contribution is -2.63. The number of halogens is 1. The van der Waals surface area contributed by atoms with E-state index >= 15 is 0 Å². The van der Waals surface area contributed by atoms with Crippen LogP contribution in [0.5, 0.6) is 5.75 Å². The first-order chi connectivity index (χ1) is 12.1. The highest BCUT2D eigenvalue weighted by atomic mass is 19.1. The van der Waals surface area contributed by atoms with Gasteiger partial charge in [0.1, 0.15) is 24.5 Å². The van der Waals surface area contributed by atoms with Gasteiger partial charge in [0.2, 0.25) is 5.95 Å². The van der Waals surface area contributed by atoms with E-state index in [1.807, 2.05) is 18.2 Å². The normalized spacial score (nSPS) is 25.7. The zero-order valence-corrected chi connectivity index (χ0v) is 13.4. The van der Waals surface area contributed by atoms with E-state index in [9.17, 15) is 4.39 Å². The Kier molecular flexibility index (Phi) is 2.88. The summed E-state index contributed by atoms with van der Waals surface area (Å²) in [5, 5.41) is 0. The Morgan fingerprint density at radius 1 is 1.08 bits per heavy atom. The van der Waals surface area contributed by atoms with Crippen molar-refractivity contribution in [2.45, 2.75) is 5.54 Å². The van der Waals surface area contributed by atoms with Gasteiger partial charge >= 0.3 is 0 Å². The summed E-state index contributed by atoms with van der Waals surface area (Å²) in [5.74, 6) is 0.202. The van der Waals surface area contributed by atoms with Crippen LogP contribution >= 0.6 is 0 Å². The molecule has 5 rings (SSSR count). The van der Waals surface area contributed by atoms with Crippen LogP contribution in [0.15, 0.2) is 41.5 Å². The van der Waals surface area contributed by atoms with Crippen LogP contribution in [0, 0.1) is 11.4 Å². The van der Waals surface area contributed by atoms with Crippen molar-refractivity contribution < 1.29 is 18.6 Å². The molecule has 0 saturated carbocycles. The van der Waals surface area contributed by atoms with Crippen molar-refractivity contribution in [3.05, 3.63) is 48.0 Å². The summed E-state index contributed by atoms with van der Waals surface area (Å²) in [7, 11) is 0. The number of aromatic nitrogens is 1. The summed E-state index contributed by atoms with van der Waals surface area (Å²) in [6, 6.07) is 9.14. The minimum Gasteiger partial charge on any atom is -0.492 e. The van der Waals surface area contributed by atoms with Crippen LogP contribution in [-0.4, -0.2) is 37.4 Å². The Morgan fingerprint density at radius 3 is 2.64 bits per heavy atom. The van der Waals surface area contributed by atoms with Gasteiger partial charge in [0.25, 0.3) is 6.02 Å². The molecule has 0 bridgehead atoms. The predicted octanol–water partition coefficient (Wildman–Crippen LogP) is 1.84. The van der Waals surface area contributed by atoms with E-state index in [1.165, 1.54) is 6.20 Å². The SMILES string of the molecule is NC1=N[C@@]2(CO1)c1cc(-c3cccnc3F)ccc1OCC21COC1. The first-order valence-electron chi connectivity index (χ1n) is 8.08. The number of benzene rings is 1. The zero-order valence-electron chi connectivity index (χ0n) is 13.4. The maximum atomic E-state index is 14.1. The molecule has 0 unspecified atom stereocenters. The van der Waals surface area contributed by atoms with Gasteiger partial charge in [-0.2, -0.15) is 4.39 Å². The van der Waals surface area contributed by atoms with Crippen LogP contribution in [0.1, 0.15) is 5.56 Å². The summed E-state index contributed by atoms with van der Waals surface area (Å²) < 4.78 is 31.1. The average Bonchev–Trinajstić information content (AvgIpc) is 2.97. The Labute approximate surface area is 143 Å². The second-order valence-electron chi connectivity index (χ2n) is 6.71. The summed E-state index contributed by atoms with van der Waals surface area (Å²) in [5.41, 5.74) is 6.86. The molecule has 1 aromatic heterocycles. The summed E-state index contributed by atoms with van der Waals surface area (Å²) >= 11 is 0. The Morgan fingerprint density at radius 2 is 1.96 bits per heavy atom. The molecule has 25 heavy (non-hydrogen) atoms. The second-order valence-corrected chi connectivity index (χ2v) is 6.71. The van der Waals surface area contributed by atoms with E-state index in [4.69, 9.17) is 19.9 Å². The zero-order chi connectivity index (χ0) is 17.1. The van der Waals surface area contributed by atoms with Crippen molar-refractivity contribution in [2.75, 3.05) is 26.4 Å². The second kappa shape index (κ2) is 4.92. The predicted molar refractivity (Wildman–Crippen MR) is 87.6 cm³/mol. The van der Waals surface area contributed by atoms with E-state index in [1.54, 1.807) is 12.1 Å². The Bertz CT molecular complexity index is 897. The number of ether oxygens (including phenoxy) is 3. The lowest BCUT2D eigenvalue weighted by Gasteiger charge is -2.53. The molecule has 0 radical (unpaired) electrons. The van der Waals surface area contributed by atoms with Crippen LogP contribution in [0.2, 0.25) is 0 Å². The topological polar surface area (TPSA) is 79.0 Å². The van der Waals surface area contributed by atoms with Crippen molar-refractivity contribution in [3.63, 3.8) is 0 Å². The summed E-state index contributed by atoms with van der Waals surface area (Å²) in [6.45, 7) is 1.87.